The molecule has 2 rings (SSSR count). The van der Waals surface area contributed by atoms with Crippen LogP contribution >= 0.6 is 0 Å². The Morgan fingerprint density at radius 1 is 1.38 bits per heavy atom. The molecule has 0 aromatic heterocycles. The first-order chi connectivity index (χ1) is 7.09. The summed E-state index contributed by atoms with van der Waals surface area (Å²) in [5.41, 5.74) is 1.75. The Labute approximate surface area is 108 Å². The molecule has 82 valence electrons. The van der Waals surface area contributed by atoms with Gasteiger partial charge < -0.3 is 13.3 Å². The van der Waals surface area contributed by atoms with E-state index < -0.39 is 10.7 Å². The van der Waals surface area contributed by atoms with Crippen molar-refractivity contribution in [1.82, 2.24) is 0 Å². The van der Waals surface area contributed by atoms with Gasteiger partial charge in [0.15, 0.2) is 0 Å². The Morgan fingerprint density at radius 3 is 2.62 bits per heavy atom. The zero-order chi connectivity index (χ0) is 11.0. The molecule has 0 saturated heterocycles. The summed E-state index contributed by atoms with van der Waals surface area (Å²) in [7, 11) is -2.20. The van der Waals surface area contributed by atoms with Crippen LogP contribution in [0.1, 0.15) is 12.5 Å². The van der Waals surface area contributed by atoms with Crippen molar-refractivity contribution in [2.75, 3.05) is 11.4 Å². The van der Waals surface area contributed by atoms with E-state index in [4.69, 9.17) is 0 Å². The van der Waals surface area contributed by atoms with Crippen molar-refractivity contribution in [3.8, 4) is 0 Å². The molecule has 0 bridgehead atoms. The van der Waals surface area contributed by atoms with E-state index in [9.17, 15) is 13.2 Å². The third kappa shape index (κ3) is 2.33. The Balaban J connectivity index is 0.00000128. The summed E-state index contributed by atoms with van der Waals surface area (Å²) < 4.78 is 21.5. The second-order valence-corrected chi connectivity index (χ2v) is 4.39. The molecule has 1 aromatic carbocycles. The topological polar surface area (TPSA) is 54.5 Å². The van der Waals surface area contributed by atoms with Gasteiger partial charge >= 0.3 is 0 Å². The third-order valence-corrected chi connectivity index (χ3v) is 3.16. The molecule has 0 atom stereocenters. The fourth-order valence-electron chi connectivity index (χ4n) is 1.81. The minimum absolute atomic E-state index is 0. The average Bonchev–Trinajstić information content (AvgIpc) is 2.59. The van der Waals surface area contributed by atoms with Gasteiger partial charge in [-0.25, -0.2) is 0 Å². The number of rotatable bonds is 1. The van der Waals surface area contributed by atoms with Crippen molar-refractivity contribution in [3.05, 3.63) is 23.8 Å². The normalized spacial score (nSPS) is 13.5. The number of hydrogen-bond acceptors (Lipinski definition) is 4. The van der Waals surface area contributed by atoms with Gasteiger partial charge in [-0.05, 0) is 28.8 Å². The number of carbonyl (C=O) groups is 1. The van der Waals surface area contributed by atoms with E-state index in [2.05, 4.69) is 0 Å². The number of benzene rings is 1. The van der Waals surface area contributed by atoms with Gasteiger partial charge in [0, 0.05) is 38.6 Å². The van der Waals surface area contributed by atoms with E-state index in [1.807, 2.05) is 0 Å². The SMILES string of the molecule is CC(=O)N1CCc2cc([S-](=O)=O)ccc21.[Zn]. The van der Waals surface area contributed by atoms with Crippen LogP contribution < -0.4 is 4.90 Å². The first kappa shape index (κ1) is 13.3. The zero-order valence-corrected chi connectivity index (χ0v) is 12.7. The number of hydrogen-bond donors (Lipinski definition) is 0. The molecule has 0 spiro atoms. The van der Waals surface area contributed by atoms with Crippen LogP contribution in [0.5, 0.6) is 0 Å². The Hall–Kier alpha value is -0.737. The Morgan fingerprint density at radius 2 is 2.06 bits per heavy atom. The van der Waals surface area contributed by atoms with Crippen LogP contribution in [0.4, 0.5) is 5.69 Å². The van der Waals surface area contributed by atoms with Crippen LogP contribution in [0, 0.1) is 0 Å². The summed E-state index contributed by atoms with van der Waals surface area (Å²) in [4.78, 5) is 13.2. The second-order valence-electron chi connectivity index (χ2n) is 3.45. The van der Waals surface area contributed by atoms with Gasteiger partial charge in [0.25, 0.3) is 0 Å². The van der Waals surface area contributed by atoms with E-state index >= 15 is 0 Å². The van der Waals surface area contributed by atoms with Gasteiger partial charge in [-0.2, -0.15) is 0 Å². The molecule has 1 aliphatic heterocycles. The summed E-state index contributed by atoms with van der Waals surface area (Å²) in [6.07, 6.45) is 0.722. The molecular formula is C10H10NO3SZn-. The smallest absolute Gasteiger partial charge is 0.223 e. The van der Waals surface area contributed by atoms with Gasteiger partial charge in [0.05, 0.1) is 0 Å². The number of carbonyl (C=O) groups excluding carboxylic acids is 1. The van der Waals surface area contributed by atoms with Crippen molar-refractivity contribution in [3.63, 3.8) is 0 Å². The summed E-state index contributed by atoms with van der Waals surface area (Å²) in [6, 6.07) is 4.83. The fraction of sp³-hybridized carbons (Fsp3) is 0.300. The van der Waals surface area contributed by atoms with Gasteiger partial charge in [-0.3, -0.25) is 4.79 Å². The van der Waals surface area contributed by atoms with Crippen LogP contribution in [0.15, 0.2) is 23.1 Å². The maximum Gasteiger partial charge on any atom is 0.223 e. The molecule has 1 aliphatic rings. The maximum absolute atomic E-state index is 11.2. The first-order valence-corrected chi connectivity index (χ1v) is 5.67. The maximum atomic E-state index is 11.2. The largest absolute Gasteiger partial charge is 0.420 e. The minimum Gasteiger partial charge on any atom is -0.420 e. The van der Waals surface area contributed by atoms with E-state index in [1.165, 1.54) is 13.0 Å². The molecule has 1 heterocycles. The van der Waals surface area contributed by atoms with E-state index in [0.29, 0.717) is 6.54 Å². The molecule has 16 heavy (non-hydrogen) atoms. The molecule has 0 N–H and O–H groups in total. The second kappa shape index (κ2) is 5.06. The zero-order valence-electron chi connectivity index (χ0n) is 8.93. The molecule has 0 fully saturated rings. The van der Waals surface area contributed by atoms with E-state index in [0.717, 1.165) is 17.7 Å². The predicted octanol–water partition coefficient (Wildman–Crippen LogP) is 1.26. The van der Waals surface area contributed by atoms with Gasteiger partial charge in [-0.1, -0.05) is 17.0 Å². The Bertz CT molecular complexity index is 491. The standard InChI is InChI=1S/C10H10NO3S.Zn/c1-7(12)11-5-4-8-6-9(15(13)14)2-3-10(8)11;/h2-3,6H,4-5H2,1H3;/q-1;. The Kier molecular flexibility index (Phi) is 4.22. The molecular weight excluding hydrogens is 280 g/mol. The summed E-state index contributed by atoms with van der Waals surface area (Å²) in [6.45, 7) is 2.15. The fourth-order valence-corrected chi connectivity index (χ4v) is 2.23. The number of anilines is 1. The van der Waals surface area contributed by atoms with E-state index in [1.54, 1.807) is 17.0 Å². The number of fused-ring (bicyclic) bond motifs is 1. The van der Waals surface area contributed by atoms with Crippen molar-refractivity contribution >= 4 is 22.3 Å². The molecule has 0 unspecified atom stereocenters. The number of nitrogens with zero attached hydrogens (tertiary/aromatic N) is 1. The molecule has 6 heteroatoms. The molecule has 4 nitrogen and oxygen atoms in total. The summed E-state index contributed by atoms with van der Waals surface area (Å²) in [5.74, 6) is -0.00949. The molecule has 1 amide bonds. The van der Waals surface area contributed by atoms with Gasteiger partial charge in [0.1, 0.15) is 0 Å². The van der Waals surface area contributed by atoms with Gasteiger partial charge in [0.2, 0.25) is 5.91 Å². The monoisotopic (exact) mass is 288 g/mol. The van der Waals surface area contributed by atoms with Crippen molar-refractivity contribution < 1.29 is 32.7 Å². The first-order valence-electron chi connectivity index (χ1n) is 4.60. The summed E-state index contributed by atoms with van der Waals surface area (Å²) >= 11 is 0. The molecule has 0 radical (unpaired) electrons. The quantitative estimate of drug-likeness (QED) is 0.578. The van der Waals surface area contributed by atoms with Crippen molar-refractivity contribution in [1.29, 1.82) is 0 Å². The van der Waals surface area contributed by atoms with Crippen LogP contribution in [0.2, 0.25) is 0 Å². The van der Waals surface area contributed by atoms with Crippen molar-refractivity contribution in [2.24, 2.45) is 0 Å². The van der Waals surface area contributed by atoms with E-state index in [-0.39, 0.29) is 30.3 Å². The number of amides is 1. The summed E-state index contributed by atoms with van der Waals surface area (Å²) in [5, 5.41) is 0. The van der Waals surface area contributed by atoms with Crippen molar-refractivity contribution in [2.45, 2.75) is 18.2 Å². The molecule has 0 saturated carbocycles. The van der Waals surface area contributed by atoms with Crippen LogP contribution in [-0.2, 0) is 49.8 Å². The molecule has 0 aliphatic carbocycles. The molecule has 1 aromatic rings. The minimum atomic E-state index is -2.20. The van der Waals surface area contributed by atoms with Gasteiger partial charge in [-0.15, -0.1) is 0 Å². The average molecular weight is 290 g/mol. The van der Waals surface area contributed by atoms with Crippen LogP contribution in [0.3, 0.4) is 0 Å². The predicted molar refractivity (Wildman–Crippen MR) is 55.2 cm³/mol. The third-order valence-electron chi connectivity index (χ3n) is 2.52. The van der Waals surface area contributed by atoms with Crippen LogP contribution in [-0.4, -0.2) is 12.5 Å². The van der Waals surface area contributed by atoms with Crippen LogP contribution in [0.25, 0.3) is 0 Å².